The smallest absolute Gasteiger partial charge is 0.252 e. The van der Waals surface area contributed by atoms with E-state index in [0.29, 0.717) is 30.1 Å². The number of rotatable bonds is 7. The number of nitrogens with zero attached hydrogens (tertiary/aromatic N) is 2. The van der Waals surface area contributed by atoms with Crippen molar-refractivity contribution in [2.75, 3.05) is 19.6 Å². The summed E-state index contributed by atoms with van der Waals surface area (Å²) in [5.74, 6) is 0.642. The molecular weight excluding hydrogens is 396 g/mol. The molecule has 1 atom stereocenters. The first kappa shape index (κ1) is 21.4. The van der Waals surface area contributed by atoms with Crippen LogP contribution >= 0.6 is 0 Å². The molecule has 1 aliphatic heterocycles. The Labute approximate surface area is 181 Å². The van der Waals surface area contributed by atoms with Crippen LogP contribution in [0.2, 0.25) is 0 Å². The average molecular weight is 427 g/mol. The fourth-order valence-electron chi connectivity index (χ4n) is 4.18. The van der Waals surface area contributed by atoms with E-state index in [-0.39, 0.29) is 29.1 Å². The predicted molar refractivity (Wildman–Crippen MR) is 117 cm³/mol. The molecule has 0 bridgehead atoms. The van der Waals surface area contributed by atoms with Gasteiger partial charge in [0.1, 0.15) is 17.6 Å². The Bertz CT molecular complexity index is 1000. The number of piperidine rings is 1. The van der Waals surface area contributed by atoms with Gasteiger partial charge in [0.2, 0.25) is 5.91 Å². The lowest BCUT2D eigenvalue weighted by molar-refractivity contribution is -0.139. The van der Waals surface area contributed by atoms with Crippen molar-refractivity contribution in [3.05, 3.63) is 30.0 Å². The molecule has 1 aliphatic carbocycles. The van der Waals surface area contributed by atoms with Gasteiger partial charge >= 0.3 is 0 Å². The number of carbonyl (C=O) groups excluding carboxylic acids is 2. The highest BCUT2D eigenvalue weighted by Gasteiger charge is 2.51. The molecule has 0 unspecified atom stereocenters. The monoisotopic (exact) mass is 426 g/mol. The fourth-order valence-corrected chi connectivity index (χ4v) is 4.18. The second-order valence-electron chi connectivity index (χ2n) is 8.82. The van der Waals surface area contributed by atoms with E-state index < -0.39 is 5.91 Å². The van der Waals surface area contributed by atoms with E-state index in [9.17, 15) is 9.59 Å². The summed E-state index contributed by atoms with van der Waals surface area (Å²) < 4.78 is 12.2. The van der Waals surface area contributed by atoms with Crippen molar-refractivity contribution >= 4 is 22.7 Å². The third-order valence-corrected chi connectivity index (χ3v) is 6.09. The number of hydrogen-bond acceptors (Lipinski definition) is 6. The predicted octanol–water partition coefficient (Wildman–Crippen LogP) is 2.23. The zero-order chi connectivity index (χ0) is 22.2. The van der Waals surface area contributed by atoms with Crippen LogP contribution in [0.3, 0.4) is 0 Å². The van der Waals surface area contributed by atoms with Crippen molar-refractivity contribution in [3.63, 3.8) is 0 Å². The first-order chi connectivity index (χ1) is 14.8. The summed E-state index contributed by atoms with van der Waals surface area (Å²) in [5, 5.41) is 0.743. The Hall–Kier alpha value is -2.87. The SMILES string of the molecule is CC(C)Oc1cc2c(O[C@@H]3CCCN(C(=O)C4(CN)CC4)C3)ccnc2cc1C(N)=O. The van der Waals surface area contributed by atoms with Crippen LogP contribution in [0.15, 0.2) is 24.4 Å². The van der Waals surface area contributed by atoms with Crippen molar-refractivity contribution in [1.82, 2.24) is 9.88 Å². The fraction of sp³-hybridized carbons (Fsp3) is 0.522. The van der Waals surface area contributed by atoms with Gasteiger partial charge in [-0.2, -0.15) is 0 Å². The number of benzene rings is 1. The van der Waals surface area contributed by atoms with Crippen molar-refractivity contribution in [2.45, 2.75) is 51.7 Å². The number of ether oxygens (including phenoxy) is 2. The van der Waals surface area contributed by atoms with Gasteiger partial charge in [-0.15, -0.1) is 0 Å². The summed E-state index contributed by atoms with van der Waals surface area (Å²) >= 11 is 0. The molecular formula is C23H30N4O4. The van der Waals surface area contributed by atoms with Crippen molar-refractivity contribution in [1.29, 1.82) is 0 Å². The molecule has 2 fully saturated rings. The first-order valence-corrected chi connectivity index (χ1v) is 10.9. The number of aromatic nitrogens is 1. The van der Waals surface area contributed by atoms with Gasteiger partial charge in [0.25, 0.3) is 5.91 Å². The van der Waals surface area contributed by atoms with Gasteiger partial charge in [-0.1, -0.05) is 0 Å². The Balaban J connectivity index is 1.59. The Morgan fingerprint density at radius 1 is 1.29 bits per heavy atom. The summed E-state index contributed by atoms with van der Waals surface area (Å²) in [6, 6.07) is 5.20. The van der Waals surface area contributed by atoms with Gasteiger partial charge in [0, 0.05) is 24.7 Å². The van der Waals surface area contributed by atoms with Crippen LogP contribution in [-0.4, -0.2) is 53.5 Å². The second kappa shape index (κ2) is 8.34. The van der Waals surface area contributed by atoms with E-state index >= 15 is 0 Å². The van der Waals surface area contributed by atoms with E-state index in [1.807, 2.05) is 18.7 Å². The highest BCUT2D eigenvalue weighted by molar-refractivity contribution is 6.01. The van der Waals surface area contributed by atoms with E-state index in [4.69, 9.17) is 20.9 Å². The Morgan fingerprint density at radius 2 is 2.06 bits per heavy atom. The van der Waals surface area contributed by atoms with Crippen molar-refractivity contribution < 1.29 is 19.1 Å². The number of likely N-dealkylation sites (tertiary alicyclic amines) is 1. The molecule has 4 N–H and O–H groups in total. The highest BCUT2D eigenvalue weighted by Crippen LogP contribution is 2.46. The van der Waals surface area contributed by atoms with Crippen molar-refractivity contribution in [2.24, 2.45) is 16.9 Å². The van der Waals surface area contributed by atoms with Crippen LogP contribution in [0, 0.1) is 5.41 Å². The summed E-state index contributed by atoms with van der Waals surface area (Å²) in [6.07, 6.45) is 4.89. The lowest BCUT2D eigenvalue weighted by Crippen LogP contribution is -2.48. The zero-order valence-corrected chi connectivity index (χ0v) is 18.1. The highest BCUT2D eigenvalue weighted by atomic mass is 16.5. The molecule has 2 aromatic rings. The molecule has 1 aromatic carbocycles. The summed E-state index contributed by atoms with van der Waals surface area (Å²) in [5.41, 5.74) is 11.9. The number of primary amides is 1. The maximum absolute atomic E-state index is 12.9. The van der Waals surface area contributed by atoms with Gasteiger partial charge < -0.3 is 25.8 Å². The Morgan fingerprint density at radius 3 is 2.71 bits per heavy atom. The van der Waals surface area contributed by atoms with E-state index in [2.05, 4.69) is 4.98 Å². The number of carbonyl (C=O) groups is 2. The molecule has 2 aliphatic rings. The lowest BCUT2D eigenvalue weighted by atomic mass is 10.0. The molecule has 8 nitrogen and oxygen atoms in total. The normalized spacial score (nSPS) is 20.0. The maximum atomic E-state index is 12.9. The van der Waals surface area contributed by atoms with Gasteiger partial charge in [-0.05, 0) is 57.7 Å². The summed E-state index contributed by atoms with van der Waals surface area (Å²) in [4.78, 5) is 31.1. The standard InChI is InChI=1S/C23H30N4O4/c1-14(2)30-20-11-16-18(10-17(20)21(25)28)26-8-5-19(16)31-15-4-3-9-27(12-15)22(29)23(13-24)6-7-23/h5,8,10-11,14-15H,3-4,6-7,9,12-13,24H2,1-2H3,(H2,25,28)/t15-/m1/s1. The number of hydrogen-bond donors (Lipinski definition) is 2. The molecule has 2 amide bonds. The molecule has 1 aromatic heterocycles. The van der Waals surface area contributed by atoms with E-state index in [1.54, 1.807) is 24.4 Å². The number of fused-ring (bicyclic) bond motifs is 1. The van der Waals surface area contributed by atoms with Crippen molar-refractivity contribution in [3.8, 4) is 11.5 Å². The maximum Gasteiger partial charge on any atom is 0.252 e. The van der Waals surface area contributed by atoms with Gasteiger partial charge in [0.15, 0.2) is 0 Å². The number of pyridine rings is 1. The van der Waals surface area contributed by atoms with Crippen LogP contribution in [0.4, 0.5) is 0 Å². The molecule has 4 rings (SSSR count). The third-order valence-electron chi connectivity index (χ3n) is 6.09. The molecule has 8 heteroatoms. The molecule has 1 saturated heterocycles. The number of nitrogens with two attached hydrogens (primary N) is 2. The molecule has 31 heavy (non-hydrogen) atoms. The van der Waals surface area contributed by atoms with E-state index in [0.717, 1.165) is 37.6 Å². The quantitative estimate of drug-likeness (QED) is 0.700. The van der Waals surface area contributed by atoms with Crippen LogP contribution in [0.5, 0.6) is 11.5 Å². The van der Waals surface area contributed by atoms with E-state index in [1.165, 1.54) is 0 Å². The average Bonchev–Trinajstić information content (AvgIpc) is 3.54. The molecule has 166 valence electrons. The molecule has 2 heterocycles. The summed E-state index contributed by atoms with van der Waals surface area (Å²) in [7, 11) is 0. The number of amides is 2. The first-order valence-electron chi connectivity index (χ1n) is 10.9. The topological polar surface area (TPSA) is 121 Å². The van der Waals surface area contributed by atoms with Crippen LogP contribution in [-0.2, 0) is 4.79 Å². The molecule has 1 saturated carbocycles. The minimum Gasteiger partial charge on any atom is -0.490 e. The Kier molecular flexibility index (Phi) is 5.75. The van der Waals surface area contributed by atoms with Crippen LogP contribution < -0.4 is 20.9 Å². The van der Waals surface area contributed by atoms with Gasteiger partial charge in [-0.25, -0.2) is 0 Å². The molecule has 0 radical (unpaired) electrons. The van der Waals surface area contributed by atoms with Gasteiger partial charge in [-0.3, -0.25) is 14.6 Å². The second-order valence-corrected chi connectivity index (χ2v) is 8.82. The molecule has 0 spiro atoms. The summed E-state index contributed by atoms with van der Waals surface area (Å²) in [6.45, 7) is 5.46. The zero-order valence-electron chi connectivity index (χ0n) is 18.1. The minimum absolute atomic E-state index is 0.119. The van der Waals surface area contributed by atoms with Crippen LogP contribution in [0.1, 0.15) is 49.9 Å². The third kappa shape index (κ3) is 4.30. The van der Waals surface area contributed by atoms with Gasteiger partial charge in [0.05, 0.1) is 29.1 Å². The largest absolute Gasteiger partial charge is 0.490 e. The minimum atomic E-state index is -0.569. The lowest BCUT2D eigenvalue weighted by Gasteiger charge is -2.35. The van der Waals surface area contributed by atoms with Crippen LogP contribution in [0.25, 0.3) is 10.9 Å².